The highest BCUT2D eigenvalue weighted by atomic mass is 35.5. The van der Waals surface area contributed by atoms with Gasteiger partial charge in [0.15, 0.2) is 6.61 Å². The van der Waals surface area contributed by atoms with Crippen LogP contribution in [0.25, 0.3) is 0 Å². The second-order valence-electron chi connectivity index (χ2n) is 6.97. The predicted molar refractivity (Wildman–Crippen MR) is 116 cm³/mol. The maximum absolute atomic E-state index is 12.8. The van der Waals surface area contributed by atoms with Crippen LogP contribution in [-0.4, -0.2) is 60.3 Å². The third kappa shape index (κ3) is 6.77. The fraction of sp³-hybridized carbons (Fsp3) is 0.381. The molecule has 1 aromatic carbocycles. The molecule has 1 fully saturated rings. The molecule has 0 aliphatic carbocycles. The van der Waals surface area contributed by atoms with Gasteiger partial charge in [0, 0.05) is 43.0 Å². The molecule has 0 unspecified atom stereocenters. The summed E-state index contributed by atoms with van der Waals surface area (Å²) in [7, 11) is 0. The number of benzene rings is 1. The monoisotopic (exact) mass is 487 g/mol. The molecular formula is C21H21ClF3N3O3S. The zero-order chi connectivity index (χ0) is 23.1. The summed E-state index contributed by atoms with van der Waals surface area (Å²) in [5.41, 5.74) is -0.913. The lowest BCUT2D eigenvalue weighted by atomic mass is 10.2. The number of rotatable bonds is 7. The van der Waals surface area contributed by atoms with Crippen LogP contribution in [-0.2, 0) is 20.5 Å². The number of nitrogens with zero attached hydrogens (tertiary/aromatic N) is 3. The fourth-order valence-corrected chi connectivity index (χ4v) is 4.20. The number of amides is 1. The van der Waals surface area contributed by atoms with Crippen LogP contribution in [0.4, 0.5) is 19.0 Å². The topological polar surface area (TPSA) is 62.7 Å². The number of halogens is 4. The molecule has 6 nitrogen and oxygen atoms in total. The smallest absolute Gasteiger partial charge is 0.417 e. The molecule has 11 heteroatoms. The lowest BCUT2D eigenvalue weighted by Crippen LogP contribution is -2.50. The lowest BCUT2D eigenvalue weighted by molar-refractivity contribution is -0.151. The quantitative estimate of drug-likeness (QED) is 0.432. The second-order valence-corrected chi connectivity index (χ2v) is 8.54. The van der Waals surface area contributed by atoms with Crippen molar-refractivity contribution < 1.29 is 27.5 Å². The summed E-state index contributed by atoms with van der Waals surface area (Å²) in [5.74, 6) is 0.0341. The number of anilines is 1. The predicted octanol–water partition coefficient (Wildman–Crippen LogP) is 4.13. The summed E-state index contributed by atoms with van der Waals surface area (Å²) in [4.78, 5) is 32.4. The van der Waals surface area contributed by atoms with E-state index in [4.69, 9.17) is 16.3 Å². The summed E-state index contributed by atoms with van der Waals surface area (Å²) >= 11 is 7.52. The normalized spacial score (nSPS) is 14.4. The Kier molecular flexibility index (Phi) is 8.25. The molecule has 32 heavy (non-hydrogen) atoms. The zero-order valence-corrected chi connectivity index (χ0v) is 18.6. The first-order valence-corrected chi connectivity index (χ1v) is 11.2. The number of carbonyl (C=O) groups is 2. The van der Waals surface area contributed by atoms with Crippen molar-refractivity contribution in [3.63, 3.8) is 0 Å². The Morgan fingerprint density at radius 1 is 1.12 bits per heavy atom. The van der Waals surface area contributed by atoms with E-state index < -0.39 is 17.7 Å². The zero-order valence-electron chi connectivity index (χ0n) is 17.0. The van der Waals surface area contributed by atoms with Crippen LogP contribution in [0, 0.1) is 0 Å². The Balaban J connectivity index is 1.40. The third-order valence-electron chi connectivity index (χ3n) is 4.76. The van der Waals surface area contributed by atoms with Crippen LogP contribution < -0.4 is 4.90 Å². The Hall–Kier alpha value is -2.46. The van der Waals surface area contributed by atoms with Gasteiger partial charge in [0.25, 0.3) is 5.91 Å². The van der Waals surface area contributed by atoms with Crippen LogP contribution in [0.3, 0.4) is 0 Å². The van der Waals surface area contributed by atoms with Crippen molar-refractivity contribution in [3.05, 3.63) is 53.2 Å². The number of alkyl halides is 3. The number of carbonyl (C=O) groups excluding carboxylic acids is 2. The Morgan fingerprint density at radius 3 is 2.44 bits per heavy atom. The summed E-state index contributed by atoms with van der Waals surface area (Å²) in [5, 5.41) is -0.0955. The first kappa shape index (κ1) is 24.2. The van der Waals surface area contributed by atoms with Crippen LogP contribution in [0.1, 0.15) is 12.0 Å². The molecule has 2 heterocycles. The SMILES string of the molecule is O=C(CCSc1ccccc1)OCC(=O)N1CCN(c2ncc(C(F)(F)F)cc2Cl)CC1. The second kappa shape index (κ2) is 10.9. The number of pyridine rings is 1. The molecule has 1 saturated heterocycles. The number of thioether (sulfide) groups is 1. The van der Waals surface area contributed by atoms with Crippen LogP contribution >= 0.6 is 23.4 Å². The van der Waals surface area contributed by atoms with E-state index in [1.807, 2.05) is 30.3 Å². The molecule has 0 spiro atoms. The van der Waals surface area contributed by atoms with E-state index in [1.165, 1.54) is 11.8 Å². The Labute approximate surface area is 192 Å². The molecule has 3 rings (SSSR count). The first-order valence-electron chi connectivity index (χ1n) is 9.83. The van der Waals surface area contributed by atoms with E-state index in [0.717, 1.165) is 17.2 Å². The van der Waals surface area contributed by atoms with Crippen LogP contribution in [0.15, 0.2) is 47.5 Å². The molecule has 2 aromatic rings. The van der Waals surface area contributed by atoms with Gasteiger partial charge in [0.2, 0.25) is 0 Å². The van der Waals surface area contributed by atoms with Crippen molar-refractivity contribution in [1.82, 2.24) is 9.88 Å². The molecule has 172 valence electrons. The highest BCUT2D eigenvalue weighted by molar-refractivity contribution is 7.99. The molecule has 0 bridgehead atoms. The minimum Gasteiger partial charge on any atom is -0.456 e. The lowest BCUT2D eigenvalue weighted by Gasteiger charge is -2.35. The van der Waals surface area contributed by atoms with E-state index in [-0.39, 0.29) is 29.8 Å². The summed E-state index contributed by atoms with van der Waals surface area (Å²) in [6.07, 6.45) is -3.58. The average molecular weight is 488 g/mol. The van der Waals surface area contributed by atoms with Crippen molar-refractivity contribution >= 4 is 41.1 Å². The van der Waals surface area contributed by atoms with Gasteiger partial charge in [-0.2, -0.15) is 13.2 Å². The van der Waals surface area contributed by atoms with Gasteiger partial charge in [0.1, 0.15) is 5.82 Å². The van der Waals surface area contributed by atoms with Crippen molar-refractivity contribution in [2.75, 3.05) is 43.4 Å². The minimum atomic E-state index is -4.52. The largest absolute Gasteiger partial charge is 0.456 e. The molecule has 1 aliphatic rings. The maximum Gasteiger partial charge on any atom is 0.417 e. The Bertz CT molecular complexity index is 939. The average Bonchev–Trinajstić information content (AvgIpc) is 2.77. The standard InChI is InChI=1S/C21H21ClF3N3O3S/c22-17-12-15(21(23,24)25)13-26-20(17)28-9-7-27(8-10-28)18(29)14-31-19(30)6-11-32-16-4-2-1-3-5-16/h1-5,12-13H,6-11,14H2. The van der Waals surface area contributed by atoms with Crippen molar-refractivity contribution in [2.45, 2.75) is 17.5 Å². The van der Waals surface area contributed by atoms with Gasteiger partial charge < -0.3 is 14.5 Å². The van der Waals surface area contributed by atoms with E-state index >= 15 is 0 Å². The summed E-state index contributed by atoms with van der Waals surface area (Å²) in [6, 6.07) is 10.5. The van der Waals surface area contributed by atoms with Gasteiger partial charge in [-0.3, -0.25) is 9.59 Å². The highest BCUT2D eigenvalue weighted by Crippen LogP contribution is 2.33. The maximum atomic E-state index is 12.8. The summed E-state index contributed by atoms with van der Waals surface area (Å²) < 4.78 is 43.4. The number of ether oxygens (including phenoxy) is 1. The van der Waals surface area contributed by atoms with Gasteiger partial charge in [-0.25, -0.2) is 4.98 Å². The van der Waals surface area contributed by atoms with Crippen molar-refractivity contribution in [1.29, 1.82) is 0 Å². The van der Waals surface area contributed by atoms with Crippen molar-refractivity contribution in [3.8, 4) is 0 Å². The Morgan fingerprint density at radius 2 is 1.81 bits per heavy atom. The fourth-order valence-electron chi connectivity index (χ4n) is 3.06. The molecule has 1 amide bonds. The van der Waals surface area contributed by atoms with E-state index in [1.54, 1.807) is 9.80 Å². The molecular weight excluding hydrogens is 467 g/mol. The van der Waals surface area contributed by atoms with E-state index in [9.17, 15) is 22.8 Å². The molecule has 1 aliphatic heterocycles. The third-order valence-corrected chi connectivity index (χ3v) is 6.05. The number of piperazine rings is 1. The first-order chi connectivity index (χ1) is 15.2. The van der Waals surface area contributed by atoms with Gasteiger partial charge in [-0.15, -0.1) is 11.8 Å². The van der Waals surface area contributed by atoms with Crippen LogP contribution in [0.5, 0.6) is 0 Å². The molecule has 0 N–H and O–H groups in total. The van der Waals surface area contributed by atoms with E-state index in [2.05, 4.69) is 4.98 Å². The van der Waals surface area contributed by atoms with Crippen molar-refractivity contribution in [2.24, 2.45) is 0 Å². The molecule has 0 atom stereocenters. The number of aromatic nitrogens is 1. The van der Waals surface area contributed by atoms with Gasteiger partial charge in [-0.1, -0.05) is 29.8 Å². The van der Waals surface area contributed by atoms with Crippen LogP contribution in [0.2, 0.25) is 5.02 Å². The van der Waals surface area contributed by atoms with Gasteiger partial charge in [-0.05, 0) is 18.2 Å². The number of hydrogen-bond acceptors (Lipinski definition) is 6. The molecule has 0 saturated carbocycles. The minimum absolute atomic E-state index is 0.0955. The highest BCUT2D eigenvalue weighted by Gasteiger charge is 2.32. The van der Waals surface area contributed by atoms with Gasteiger partial charge in [0.05, 0.1) is 17.0 Å². The van der Waals surface area contributed by atoms with Gasteiger partial charge >= 0.3 is 12.1 Å². The molecule has 1 aromatic heterocycles. The number of esters is 1. The number of hydrogen-bond donors (Lipinski definition) is 0. The molecule has 0 radical (unpaired) electrons. The summed E-state index contributed by atoms with van der Waals surface area (Å²) in [6.45, 7) is 1.00. The van der Waals surface area contributed by atoms with E-state index in [0.29, 0.717) is 31.9 Å².